The van der Waals surface area contributed by atoms with Crippen molar-refractivity contribution in [2.45, 2.75) is 25.7 Å². The van der Waals surface area contributed by atoms with Crippen LogP contribution in [0.25, 0.3) is 0 Å². The van der Waals surface area contributed by atoms with E-state index in [2.05, 4.69) is 0 Å². The van der Waals surface area contributed by atoms with E-state index in [0.29, 0.717) is 0 Å². The van der Waals surface area contributed by atoms with Crippen molar-refractivity contribution < 1.29 is 13.6 Å². The van der Waals surface area contributed by atoms with Crippen LogP contribution in [0.3, 0.4) is 0 Å². The number of carbonyl (C=O) groups is 1. The van der Waals surface area contributed by atoms with Crippen molar-refractivity contribution in [1.29, 1.82) is 0 Å². The van der Waals surface area contributed by atoms with Gasteiger partial charge in [0.05, 0.1) is 0 Å². The molecular formula is C11H11ClF2O. The lowest BCUT2D eigenvalue weighted by Gasteiger charge is -2.12. The summed E-state index contributed by atoms with van der Waals surface area (Å²) in [6.45, 7) is 3.00. The average molecular weight is 233 g/mol. The van der Waals surface area contributed by atoms with E-state index in [4.69, 9.17) is 11.6 Å². The van der Waals surface area contributed by atoms with Crippen molar-refractivity contribution in [3.63, 3.8) is 0 Å². The first-order valence-corrected chi connectivity index (χ1v) is 4.90. The van der Waals surface area contributed by atoms with Gasteiger partial charge in [-0.05, 0) is 19.4 Å². The molecule has 1 aromatic rings. The van der Waals surface area contributed by atoms with Gasteiger partial charge in [-0.1, -0.05) is 23.8 Å². The fourth-order valence-electron chi connectivity index (χ4n) is 1.33. The molecule has 0 heterocycles. The summed E-state index contributed by atoms with van der Waals surface area (Å²) >= 11 is 5.76. The SMILES string of the molecule is CC(=O)C(Cl)c1ccc(C)cc1C(F)F. The van der Waals surface area contributed by atoms with E-state index in [1.807, 2.05) is 0 Å². The lowest BCUT2D eigenvalue weighted by molar-refractivity contribution is -0.116. The Morgan fingerprint density at radius 3 is 2.40 bits per heavy atom. The molecule has 0 saturated heterocycles. The first-order chi connectivity index (χ1) is 6.93. The van der Waals surface area contributed by atoms with Gasteiger partial charge in [0.1, 0.15) is 5.38 Å². The van der Waals surface area contributed by atoms with Crippen LogP contribution in [0.15, 0.2) is 18.2 Å². The molecule has 0 spiro atoms. The van der Waals surface area contributed by atoms with Gasteiger partial charge in [0, 0.05) is 5.56 Å². The molecule has 82 valence electrons. The van der Waals surface area contributed by atoms with E-state index in [1.165, 1.54) is 19.1 Å². The Labute approximate surface area is 92.1 Å². The molecular weight excluding hydrogens is 222 g/mol. The highest BCUT2D eigenvalue weighted by Gasteiger charge is 2.21. The van der Waals surface area contributed by atoms with Gasteiger partial charge in [-0.3, -0.25) is 4.79 Å². The molecule has 0 amide bonds. The molecule has 1 rings (SSSR count). The third-order valence-electron chi connectivity index (χ3n) is 2.11. The Kier molecular flexibility index (Phi) is 3.80. The number of ketones is 1. The number of alkyl halides is 3. The minimum atomic E-state index is -2.61. The maximum absolute atomic E-state index is 12.7. The second-order valence-electron chi connectivity index (χ2n) is 3.41. The predicted molar refractivity (Wildman–Crippen MR) is 55.4 cm³/mol. The van der Waals surface area contributed by atoms with Gasteiger partial charge in [0.15, 0.2) is 5.78 Å². The molecule has 15 heavy (non-hydrogen) atoms. The van der Waals surface area contributed by atoms with Gasteiger partial charge < -0.3 is 0 Å². The molecule has 1 atom stereocenters. The fourth-order valence-corrected chi connectivity index (χ4v) is 1.53. The molecule has 1 nitrogen and oxygen atoms in total. The van der Waals surface area contributed by atoms with Crippen molar-refractivity contribution in [3.8, 4) is 0 Å². The van der Waals surface area contributed by atoms with Crippen LogP contribution >= 0.6 is 11.6 Å². The summed E-state index contributed by atoms with van der Waals surface area (Å²) in [7, 11) is 0. The van der Waals surface area contributed by atoms with E-state index < -0.39 is 11.8 Å². The van der Waals surface area contributed by atoms with Gasteiger partial charge in [0.2, 0.25) is 0 Å². The third kappa shape index (κ3) is 2.75. The van der Waals surface area contributed by atoms with E-state index in [1.54, 1.807) is 13.0 Å². The molecule has 0 radical (unpaired) electrons. The molecule has 1 unspecified atom stereocenters. The van der Waals surface area contributed by atoms with Crippen LogP contribution in [-0.2, 0) is 4.79 Å². The summed E-state index contributed by atoms with van der Waals surface area (Å²) in [5.41, 5.74) is 0.761. The zero-order chi connectivity index (χ0) is 11.6. The van der Waals surface area contributed by atoms with Crippen molar-refractivity contribution in [2.75, 3.05) is 0 Å². The quantitative estimate of drug-likeness (QED) is 0.725. The van der Waals surface area contributed by atoms with E-state index in [9.17, 15) is 13.6 Å². The predicted octanol–water partition coefficient (Wildman–Crippen LogP) is 3.80. The maximum atomic E-state index is 12.7. The summed E-state index contributed by atoms with van der Waals surface area (Å²) in [4.78, 5) is 11.0. The molecule has 0 saturated carbocycles. The molecule has 4 heteroatoms. The Morgan fingerprint density at radius 2 is 1.93 bits per heavy atom. The van der Waals surface area contributed by atoms with Crippen LogP contribution in [0.1, 0.15) is 35.4 Å². The number of hydrogen-bond acceptors (Lipinski definition) is 1. The molecule has 0 aliphatic heterocycles. The Balaban J connectivity index is 3.22. The average Bonchev–Trinajstić information content (AvgIpc) is 2.16. The van der Waals surface area contributed by atoms with Crippen LogP contribution in [0.2, 0.25) is 0 Å². The number of hydrogen-bond donors (Lipinski definition) is 0. The van der Waals surface area contributed by atoms with Gasteiger partial charge in [-0.15, -0.1) is 11.6 Å². The Bertz CT molecular complexity index is 377. The zero-order valence-electron chi connectivity index (χ0n) is 8.43. The van der Waals surface area contributed by atoms with Gasteiger partial charge in [0.25, 0.3) is 6.43 Å². The molecule has 0 bridgehead atoms. The smallest absolute Gasteiger partial charge is 0.264 e. The Morgan fingerprint density at radius 1 is 1.33 bits per heavy atom. The molecule has 0 aromatic heterocycles. The van der Waals surface area contributed by atoms with Gasteiger partial charge in [-0.2, -0.15) is 0 Å². The second kappa shape index (κ2) is 4.71. The van der Waals surface area contributed by atoms with Gasteiger partial charge in [-0.25, -0.2) is 8.78 Å². The van der Waals surface area contributed by atoms with Crippen LogP contribution in [0.4, 0.5) is 8.78 Å². The molecule has 0 N–H and O–H groups in total. The number of benzene rings is 1. The number of halogens is 3. The molecule has 0 aliphatic rings. The number of carbonyl (C=O) groups excluding carboxylic acids is 1. The lowest BCUT2D eigenvalue weighted by Crippen LogP contribution is -2.05. The van der Waals surface area contributed by atoms with Crippen molar-refractivity contribution >= 4 is 17.4 Å². The van der Waals surface area contributed by atoms with Crippen LogP contribution < -0.4 is 0 Å². The normalized spacial score (nSPS) is 12.9. The summed E-state index contributed by atoms with van der Waals surface area (Å²) in [5, 5.41) is -0.991. The summed E-state index contributed by atoms with van der Waals surface area (Å²) in [5.74, 6) is -0.331. The van der Waals surface area contributed by atoms with E-state index in [-0.39, 0.29) is 16.9 Å². The molecule has 0 aliphatic carbocycles. The number of Topliss-reactive ketones (excluding diaryl/α,β-unsaturated/α-hetero) is 1. The van der Waals surface area contributed by atoms with Gasteiger partial charge >= 0.3 is 0 Å². The zero-order valence-corrected chi connectivity index (χ0v) is 9.18. The molecule has 0 fully saturated rings. The lowest BCUT2D eigenvalue weighted by atomic mass is 10.0. The summed E-state index contributed by atoms with van der Waals surface area (Å²) in [6.07, 6.45) is -2.61. The fraction of sp³-hybridized carbons (Fsp3) is 0.364. The highest BCUT2D eigenvalue weighted by molar-refractivity contribution is 6.30. The van der Waals surface area contributed by atoms with Crippen LogP contribution in [-0.4, -0.2) is 5.78 Å². The van der Waals surface area contributed by atoms with Crippen molar-refractivity contribution in [3.05, 3.63) is 34.9 Å². The highest BCUT2D eigenvalue weighted by atomic mass is 35.5. The minimum Gasteiger partial charge on any atom is -0.298 e. The van der Waals surface area contributed by atoms with Crippen molar-refractivity contribution in [2.24, 2.45) is 0 Å². The summed E-state index contributed by atoms with van der Waals surface area (Å²) in [6, 6.07) is 4.51. The standard InChI is InChI=1S/C11H11ClF2O/c1-6-3-4-8(10(12)7(2)15)9(5-6)11(13)14/h3-5,10-11H,1-2H3. The monoisotopic (exact) mass is 232 g/mol. The maximum Gasteiger partial charge on any atom is 0.264 e. The van der Waals surface area contributed by atoms with Crippen LogP contribution in [0.5, 0.6) is 0 Å². The number of aryl methyl sites for hydroxylation is 1. The van der Waals surface area contributed by atoms with Crippen molar-refractivity contribution in [1.82, 2.24) is 0 Å². The van der Waals surface area contributed by atoms with E-state index in [0.717, 1.165) is 5.56 Å². The summed E-state index contributed by atoms with van der Waals surface area (Å²) < 4.78 is 25.3. The Hall–Kier alpha value is -0.960. The van der Waals surface area contributed by atoms with Crippen LogP contribution in [0, 0.1) is 6.92 Å². The highest BCUT2D eigenvalue weighted by Crippen LogP contribution is 2.32. The third-order valence-corrected chi connectivity index (χ3v) is 2.65. The molecule has 1 aromatic carbocycles. The first-order valence-electron chi connectivity index (χ1n) is 4.46. The first kappa shape index (κ1) is 12.1. The number of rotatable bonds is 3. The largest absolute Gasteiger partial charge is 0.298 e. The van der Waals surface area contributed by atoms with E-state index >= 15 is 0 Å². The second-order valence-corrected chi connectivity index (χ2v) is 3.84. The minimum absolute atomic E-state index is 0.162. The topological polar surface area (TPSA) is 17.1 Å².